The number of carboxylic acids is 1. The van der Waals surface area contributed by atoms with Crippen LogP contribution >= 0.6 is 11.3 Å². The lowest BCUT2D eigenvalue weighted by molar-refractivity contribution is -0.135. The van der Waals surface area contributed by atoms with Crippen LogP contribution in [0.5, 0.6) is 0 Å². The van der Waals surface area contributed by atoms with Gasteiger partial charge in [0.1, 0.15) is 12.2 Å². The minimum atomic E-state index is -1.08. The summed E-state index contributed by atoms with van der Waals surface area (Å²) in [5.41, 5.74) is 0.229. The van der Waals surface area contributed by atoms with Gasteiger partial charge in [-0.25, -0.2) is 4.98 Å². The molecule has 2 aromatic heterocycles. The second-order valence-corrected chi connectivity index (χ2v) is 4.45. The Bertz CT molecular complexity index is 526. The lowest BCUT2D eigenvalue weighted by Crippen LogP contribution is -2.29. The summed E-state index contributed by atoms with van der Waals surface area (Å²) < 4.78 is 1.75. The molecule has 0 fully saturated rings. The van der Waals surface area contributed by atoms with Gasteiger partial charge in [-0.05, 0) is 6.92 Å². The second-order valence-electron chi connectivity index (χ2n) is 3.23. The monoisotopic (exact) mass is 239 g/mol. The highest BCUT2D eigenvalue weighted by atomic mass is 32.1. The molecule has 2 rings (SSSR count). The first kappa shape index (κ1) is 10.6. The molecule has 0 saturated carbocycles. The van der Waals surface area contributed by atoms with Gasteiger partial charge in [0.2, 0.25) is 0 Å². The number of rotatable bonds is 3. The predicted molar refractivity (Wildman–Crippen MR) is 57.8 cm³/mol. The summed E-state index contributed by atoms with van der Waals surface area (Å²) in [5, 5.41) is 10.7. The number of carboxylic acid groups (broad SMARTS) is 1. The maximum absolute atomic E-state index is 11.5. The third kappa shape index (κ3) is 2.03. The van der Waals surface area contributed by atoms with E-state index in [1.807, 2.05) is 13.1 Å². The first-order chi connectivity index (χ1) is 7.56. The van der Waals surface area contributed by atoms with Gasteiger partial charge < -0.3 is 10.4 Å². The van der Waals surface area contributed by atoms with E-state index in [0.717, 1.165) is 9.84 Å². The molecule has 7 heteroatoms. The largest absolute Gasteiger partial charge is 0.480 e. The van der Waals surface area contributed by atoms with Crippen molar-refractivity contribution in [1.29, 1.82) is 0 Å². The topological polar surface area (TPSA) is 83.7 Å². The Morgan fingerprint density at radius 1 is 1.56 bits per heavy atom. The first-order valence-electron chi connectivity index (χ1n) is 4.51. The molecule has 0 unspecified atom stereocenters. The van der Waals surface area contributed by atoms with Crippen LogP contribution in [-0.2, 0) is 4.79 Å². The van der Waals surface area contributed by atoms with Crippen molar-refractivity contribution in [2.45, 2.75) is 6.92 Å². The summed E-state index contributed by atoms with van der Waals surface area (Å²) in [6.07, 6.45) is 3.44. The summed E-state index contributed by atoms with van der Waals surface area (Å²) in [5.74, 6) is -1.55. The fourth-order valence-electron chi connectivity index (χ4n) is 1.27. The van der Waals surface area contributed by atoms with E-state index in [9.17, 15) is 9.59 Å². The van der Waals surface area contributed by atoms with E-state index in [1.165, 1.54) is 11.3 Å². The van der Waals surface area contributed by atoms with Crippen molar-refractivity contribution in [1.82, 2.24) is 14.7 Å². The number of nitrogens with zero attached hydrogens (tertiary/aromatic N) is 2. The number of carbonyl (C=O) groups excluding carboxylic acids is 1. The quantitative estimate of drug-likeness (QED) is 0.817. The minimum absolute atomic E-state index is 0.229. The van der Waals surface area contributed by atoms with E-state index in [1.54, 1.807) is 10.6 Å². The van der Waals surface area contributed by atoms with Crippen molar-refractivity contribution in [3.05, 3.63) is 23.0 Å². The fourth-order valence-corrected chi connectivity index (χ4v) is 2.08. The number of aromatic nitrogens is 2. The zero-order chi connectivity index (χ0) is 11.7. The van der Waals surface area contributed by atoms with E-state index in [4.69, 9.17) is 5.11 Å². The molecule has 2 N–H and O–H groups in total. The molecule has 0 bridgehead atoms. The van der Waals surface area contributed by atoms with Crippen molar-refractivity contribution in [3.63, 3.8) is 0 Å². The molecule has 16 heavy (non-hydrogen) atoms. The van der Waals surface area contributed by atoms with Gasteiger partial charge in [-0.15, -0.1) is 11.3 Å². The zero-order valence-corrected chi connectivity index (χ0v) is 9.24. The third-order valence-corrected chi connectivity index (χ3v) is 2.82. The smallest absolute Gasteiger partial charge is 0.322 e. The summed E-state index contributed by atoms with van der Waals surface area (Å²) >= 11 is 1.47. The Morgan fingerprint density at radius 2 is 2.31 bits per heavy atom. The number of amides is 1. The van der Waals surface area contributed by atoms with Crippen LogP contribution in [0.2, 0.25) is 0 Å². The number of aryl methyl sites for hydroxylation is 1. The number of fused-ring (bicyclic) bond motifs is 1. The van der Waals surface area contributed by atoms with E-state index in [0.29, 0.717) is 0 Å². The van der Waals surface area contributed by atoms with Gasteiger partial charge >= 0.3 is 5.97 Å². The molecule has 2 heterocycles. The van der Waals surface area contributed by atoms with Gasteiger partial charge in [-0.1, -0.05) is 0 Å². The molecule has 0 atom stereocenters. The average Bonchev–Trinajstić information content (AvgIpc) is 2.70. The van der Waals surface area contributed by atoms with Crippen molar-refractivity contribution >= 4 is 28.2 Å². The maximum Gasteiger partial charge on any atom is 0.322 e. The molecule has 6 nitrogen and oxygen atoms in total. The molecule has 84 valence electrons. The standard InChI is InChI=1S/C9H9N3O3S/c1-5-3-12-4-6(11-9(12)16-5)8(15)10-2-7(13)14/h3-4H,2H2,1H3,(H,10,15)(H,13,14). The van der Waals surface area contributed by atoms with Crippen molar-refractivity contribution in [2.75, 3.05) is 6.54 Å². The van der Waals surface area contributed by atoms with Gasteiger partial charge in [0.15, 0.2) is 4.96 Å². The van der Waals surface area contributed by atoms with Crippen LogP contribution in [0.15, 0.2) is 12.4 Å². The average molecular weight is 239 g/mol. The molecular formula is C9H9N3O3S. The molecule has 1 amide bonds. The number of imidazole rings is 1. The van der Waals surface area contributed by atoms with Crippen LogP contribution in [0, 0.1) is 6.92 Å². The number of hydrogen-bond acceptors (Lipinski definition) is 4. The van der Waals surface area contributed by atoms with Crippen LogP contribution in [0.4, 0.5) is 0 Å². The maximum atomic E-state index is 11.5. The van der Waals surface area contributed by atoms with Crippen LogP contribution < -0.4 is 5.32 Å². The first-order valence-corrected chi connectivity index (χ1v) is 5.33. The highest BCUT2D eigenvalue weighted by Crippen LogP contribution is 2.16. The van der Waals surface area contributed by atoms with Gasteiger partial charge in [0.25, 0.3) is 5.91 Å². The van der Waals surface area contributed by atoms with Crippen LogP contribution in [0.3, 0.4) is 0 Å². The van der Waals surface area contributed by atoms with Gasteiger partial charge in [0.05, 0.1) is 0 Å². The van der Waals surface area contributed by atoms with E-state index < -0.39 is 18.4 Å². The Hall–Kier alpha value is -1.89. The predicted octanol–water partition coefficient (Wildman–Crippen LogP) is 0.519. The molecule has 0 aliphatic heterocycles. The molecule has 0 saturated heterocycles. The van der Waals surface area contributed by atoms with Gasteiger partial charge in [-0.2, -0.15) is 0 Å². The number of aliphatic carboxylic acids is 1. The number of nitrogens with one attached hydrogen (secondary N) is 1. The van der Waals surface area contributed by atoms with Gasteiger partial charge in [0, 0.05) is 17.3 Å². The number of thiazole rings is 1. The molecule has 0 aromatic carbocycles. The summed E-state index contributed by atoms with van der Waals surface area (Å²) in [6, 6.07) is 0. The third-order valence-electron chi connectivity index (χ3n) is 1.90. The van der Waals surface area contributed by atoms with E-state index in [2.05, 4.69) is 10.3 Å². The molecule has 0 aliphatic rings. The number of hydrogen-bond donors (Lipinski definition) is 2. The molecule has 2 aromatic rings. The normalized spacial score (nSPS) is 10.6. The molecule has 0 radical (unpaired) electrons. The van der Waals surface area contributed by atoms with E-state index in [-0.39, 0.29) is 5.69 Å². The lowest BCUT2D eigenvalue weighted by Gasteiger charge is -1.97. The van der Waals surface area contributed by atoms with Crippen molar-refractivity contribution < 1.29 is 14.7 Å². The summed E-state index contributed by atoms with van der Waals surface area (Å²) in [4.78, 5) is 27.6. The molecule has 0 aliphatic carbocycles. The van der Waals surface area contributed by atoms with Crippen molar-refractivity contribution in [2.24, 2.45) is 0 Å². The Morgan fingerprint density at radius 3 is 2.94 bits per heavy atom. The van der Waals surface area contributed by atoms with Crippen LogP contribution in [0.25, 0.3) is 4.96 Å². The second kappa shape index (κ2) is 3.93. The van der Waals surface area contributed by atoms with Crippen LogP contribution in [-0.4, -0.2) is 32.9 Å². The highest BCUT2D eigenvalue weighted by molar-refractivity contribution is 7.17. The minimum Gasteiger partial charge on any atom is -0.480 e. The lowest BCUT2D eigenvalue weighted by atomic mass is 10.4. The van der Waals surface area contributed by atoms with Crippen LogP contribution in [0.1, 0.15) is 15.4 Å². The Balaban J connectivity index is 2.17. The van der Waals surface area contributed by atoms with Crippen molar-refractivity contribution in [3.8, 4) is 0 Å². The highest BCUT2D eigenvalue weighted by Gasteiger charge is 2.12. The Kier molecular flexibility index (Phi) is 2.61. The molecule has 0 spiro atoms. The zero-order valence-electron chi connectivity index (χ0n) is 8.43. The summed E-state index contributed by atoms with van der Waals surface area (Å²) in [7, 11) is 0. The summed E-state index contributed by atoms with van der Waals surface area (Å²) in [6.45, 7) is 1.55. The number of carbonyl (C=O) groups is 2. The fraction of sp³-hybridized carbons (Fsp3) is 0.222. The molecular weight excluding hydrogens is 230 g/mol. The van der Waals surface area contributed by atoms with E-state index >= 15 is 0 Å². The van der Waals surface area contributed by atoms with Gasteiger partial charge in [-0.3, -0.25) is 14.0 Å². The Labute approximate surface area is 94.5 Å². The SMILES string of the molecule is Cc1cn2cc(C(=O)NCC(=O)O)nc2s1.